The third kappa shape index (κ3) is 2.76. The molecule has 5 heteroatoms. The summed E-state index contributed by atoms with van der Waals surface area (Å²) >= 11 is 0. The average Bonchev–Trinajstić information content (AvgIpc) is 2.65. The Kier molecular flexibility index (Phi) is 4.09. The summed E-state index contributed by atoms with van der Waals surface area (Å²) in [4.78, 5) is 26.1. The number of hydrogen-bond donors (Lipinski definition) is 1. The van der Waals surface area contributed by atoms with Gasteiger partial charge >= 0.3 is 12.0 Å². The molecule has 1 heterocycles. The number of hydrogen-bond acceptors (Lipinski definition) is 2. The summed E-state index contributed by atoms with van der Waals surface area (Å²) in [6, 6.07) is 0.276. The van der Waals surface area contributed by atoms with Gasteiger partial charge in [0.25, 0.3) is 0 Å². The van der Waals surface area contributed by atoms with Crippen LogP contribution in [-0.2, 0) is 4.79 Å². The zero-order chi connectivity index (χ0) is 13.1. The summed E-state index contributed by atoms with van der Waals surface area (Å²) in [7, 11) is 1.85. The largest absolute Gasteiger partial charge is 0.481 e. The van der Waals surface area contributed by atoms with Crippen LogP contribution in [0.1, 0.15) is 38.5 Å². The molecule has 0 spiro atoms. The minimum atomic E-state index is -0.841. The van der Waals surface area contributed by atoms with Gasteiger partial charge in [0.05, 0.1) is 12.5 Å². The van der Waals surface area contributed by atoms with E-state index < -0.39 is 5.97 Å². The van der Waals surface area contributed by atoms with Crippen molar-refractivity contribution in [3.63, 3.8) is 0 Å². The molecule has 1 aliphatic carbocycles. The minimum absolute atomic E-state index is 0.00757. The summed E-state index contributed by atoms with van der Waals surface area (Å²) in [5.41, 5.74) is 0. The highest BCUT2D eigenvalue weighted by Crippen LogP contribution is 2.32. The van der Waals surface area contributed by atoms with Crippen molar-refractivity contribution in [1.29, 1.82) is 0 Å². The first kappa shape index (κ1) is 13.2. The summed E-state index contributed by atoms with van der Waals surface area (Å²) < 4.78 is 0. The van der Waals surface area contributed by atoms with Crippen molar-refractivity contribution < 1.29 is 14.7 Å². The molecule has 2 fully saturated rings. The Morgan fingerprint density at radius 2 is 2.00 bits per heavy atom. The number of carboxylic acids is 1. The molecular weight excluding hydrogens is 232 g/mol. The molecule has 5 nitrogen and oxygen atoms in total. The van der Waals surface area contributed by atoms with E-state index in [1.54, 1.807) is 4.90 Å². The van der Waals surface area contributed by atoms with Crippen molar-refractivity contribution in [2.45, 2.75) is 44.6 Å². The van der Waals surface area contributed by atoms with Crippen molar-refractivity contribution in [1.82, 2.24) is 9.80 Å². The molecule has 1 saturated carbocycles. The Bertz CT molecular complexity index is 326. The van der Waals surface area contributed by atoms with Gasteiger partial charge < -0.3 is 14.9 Å². The highest BCUT2D eigenvalue weighted by Gasteiger charge is 2.39. The van der Waals surface area contributed by atoms with Crippen molar-refractivity contribution >= 4 is 12.0 Å². The van der Waals surface area contributed by atoms with Crippen LogP contribution in [0.5, 0.6) is 0 Å². The molecule has 1 saturated heterocycles. The first-order chi connectivity index (χ1) is 8.59. The van der Waals surface area contributed by atoms with Crippen molar-refractivity contribution in [3.8, 4) is 0 Å². The first-order valence-electron chi connectivity index (χ1n) is 6.83. The van der Waals surface area contributed by atoms with E-state index in [2.05, 4.69) is 0 Å². The lowest BCUT2D eigenvalue weighted by Crippen LogP contribution is -2.37. The molecule has 1 aliphatic heterocycles. The number of carbonyl (C=O) groups excluding carboxylic acids is 1. The van der Waals surface area contributed by atoms with Crippen LogP contribution in [0.25, 0.3) is 0 Å². The number of likely N-dealkylation sites (N-methyl/N-ethyl adjacent to an activating group) is 1. The van der Waals surface area contributed by atoms with Crippen LogP contribution < -0.4 is 0 Å². The summed E-state index contributed by atoms with van der Waals surface area (Å²) in [5.74, 6) is -0.242. The lowest BCUT2D eigenvalue weighted by atomic mass is 9.84. The number of carboxylic acid groups (broad SMARTS) is 1. The lowest BCUT2D eigenvalue weighted by molar-refractivity contribution is -0.137. The van der Waals surface area contributed by atoms with Gasteiger partial charge in [-0.2, -0.15) is 0 Å². The Morgan fingerprint density at radius 3 is 2.61 bits per heavy atom. The highest BCUT2D eigenvalue weighted by atomic mass is 16.4. The van der Waals surface area contributed by atoms with Crippen molar-refractivity contribution in [3.05, 3.63) is 0 Å². The summed E-state index contributed by atoms with van der Waals surface area (Å²) in [6.07, 6.45) is 6.28. The van der Waals surface area contributed by atoms with Crippen LogP contribution in [-0.4, -0.2) is 53.1 Å². The fraction of sp³-hybridized carbons (Fsp3) is 0.846. The van der Waals surface area contributed by atoms with Gasteiger partial charge in [-0.15, -0.1) is 0 Å². The smallest absolute Gasteiger partial charge is 0.320 e. The van der Waals surface area contributed by atoms with E-state index in [0.717, 1.165) is 0 Å². The van der Waals surface area contributed by atoms with Gasteiger partial charge in [-0.25, -0.2) is 4.79 Å². The fourth-order valence-corrected chi connectivity index (χ4v) is 3.19. The maximum absolute atomic E-state index is 12.0. The zero-order valence-electron chi connectivity index (χ0n) is 11.0. The number of aliphatic carboxylic acids is 1. The van der Waals surface area contributed by atoms with Gasteiger partial charge in [-0.3, -0.25) is 4.79 Å². The Labute approximate surface area is 108 Å². The molecule has 2 rings (SSSR count). The van der Waals surface area contributed by atoms with Crippen LogP contribution in [0, 0.1) is 5.92 Å². The predicted octanol–water partition coefficient (Wildman–Crippen LogP) is 1.78. The van der Waals surface area contributed by atoms with Gasteiger partial charge in [0, 0.05) is 20.1 Å². The number of amides is 2. The van der Waals surface area contributed by atoms with Crippen LogP contribution in [0.15, 0.2) is 0 Å². The van der Waals surface area contributed by atoms with E-state index in [1.165, 1.54) is 32.1 Å². The van der Waals surface area contributed by atoms with Gasteiger partial charge in [-0.05, 0) is 18.8 Å². The Balaban J connectivity index is 1.93. The highest BCUT2D eigenvalue weighted by molar-refractivity contribution is 5.77. The molecule has 18 heavy (non-hydrogen) atoms. The number of nitrogens with zero attached hydrogens (tertiary/aromatic N) is 2. The molecule has 0 radical (unpaired) electrons. The molecule has 2 amide bonds. The first-order valence-corrected chi connectivity index (χ1v) is 6.83. The third-order valence-corrected chi connectivity index (χ3v) is 4.27. The Hall–Kier alpha value is -1.26. The number of rotatable bonds is 4. The van der Waals surface area contributed by atoms with E-state index in [-0.39, 0.29) is 18.5 Å². The maximum Gasteiger partial charge on any atom is 0.320 e. The van der Waals surface area contributed by atoms with E-state index in [9.17, 15) is 9.59 Å². The number of urea groups is 1. The minimum Gasteiger partial charge on any atom is -0.481 e. The topological polar surface area (TPSA) is 60.9 Å². The standard InChI is InChI=1S/C13H22N2O3/c1-14-11(10-5-3-2-4-6-10)9-15(13(14)18)8-7-12(16)17/h10-11H,2-9H2,1H3,(H,16,17). The second kappa shape index (κ2) is 5.59. The summed E-state index contributed by atoms with van der Waals surface area (Å²) in [5, 5.41) is 8.69. The molecule has 1 unspecified atom stereocenters. The number of carbonyl (C=O) groups is 2. The van der Waals surface area contributed by atoms with Gasteiger partial charge in [0.15, 0.2) is 0 Å². The van der Waals surface area contributed by atoms with Crippen LogP contribution in [0.4, 0.5) is 4.79 Å². The molecule has 0 aromatic rings. The van der Waals surface area contributed by atoms with E-state index in [0.29, 0.717) is 19.0 Å². The van der Waals surface area contributed by atoms with Gasteiger partial charge in [-0.1, -0.05) is 19.3 Å². The van der Waals surface area contributed by atoms with Crippen LogP contribution >= 0.6 is 0 Å². The van der Waals surface area contributed by atoms with Crippen LogP contribution in [0.2, 0.25) is 0 Å². The molecule has 1 atom stereocenters. The van der Waals surface area contributed by atoms with Crippen molar-refractivity contribution in [2.75, 3.05) is 20.1 Å². The van der Waals surface area contributed by atoms with Crippen molar-refractivity contribution in [2.24, 2.45) is 5.92 Å². The molecule has 0 aromatic heterocycles. The fourth-order valence-electron chi connectivity index (χ4n) is 3.19. The SMILES string of the molecule is CN1C(=O)N(CCC(=O)O)CC1C1CCCCC1. The molecule has 0 aromatic carbocycles. The summed E-state index contributed by atoms with van der Waals surface area (Å²) in [6.45, 7) is 1.04. The molecule has 102 valence electrons. The van der Waals surface area contributed by atoms with E-state index >= 15 is 0 Å². The monoisotopic (exact) mass is 254 g/mol. The molecule has 2 aliphatic rings. The second-order valence-corrected chi connectivity index (χ2v) is 5.45. The third-order valence-electron chi connectivity index (χ3n) is 4.27. The van der Waals surface area contributed by atoms with E-state index in [1.807, 2.05) is 11.9 Å². The average molecular weight is 254 g/mol. The lowest BCUT2D eigenvalue weighted by Gasteiger charge is -2.30. The normalized spacial score (nSPS) is 25.8. The second-order valence-electron chi connectivity index (χ2n) is 5.45. The van der Waals surface area contributed by atoms with Gasteiger partial charge in [0.1, 0.15) is 0 Å². The maximum atomic E-state index is 12.0. The Morgan fingerprint density at radius 1 is 1.33 bits per heavy atom. The predicted molar refractivity (Wildman–Crippen MR) is 67.3 cm³/mol. The van der Waals surface area contributed by atoms with E-state index in [4.69, 9.17) is 5.11 Å². The molecular formula is C13H22N2O3. The molecule has 1 N–H and O–H groups in total. The molecule has 0 bridgehead atoms. The van der Waals surface area contributed by atoms with Crippen LogP contribution in [0.3, 0.4) is 0 Å². The zero-order valence-corrected chi connectivity index (χ0v) is 11.0. The quantitative estimate of drug-likeness (QED) is 0.831. The van der Waals surface area contributed by atoms with Gasteiger partial charge in [0.2, 0.25) is 0 Å².